The number of carbonyl (C=O) groups is 1. The van der Waals surface area contributed by atoms with Gasteiger partial charge in [0.05, 0.1) is 13.0 Å². The molecule has 6 nitrogen and oxygen atoms in total. The Labute approximate surface area is 233 Å². The number of aliphatic carboxylic acids is 1. The molecule has 0 fully saturated rings. The van der Waals surface area contributed by atoms with E-state index in [9.17, 15) is 9.90 Å². The molecule has 0 saturated heterocycles. The Morgan fingerprint density at radius 1 is 0.795 bits per heavy atom. The first-order chi connectivity index (χ1) is 18.6. The summed E-state index contributed by atoms with van der Waals surface area (Å²) in [4.78, 5) is 11.3. The Kier molecular flexibility index (Phi) is 9.39. The van der Waals surface area contributed by atoms with Crippen LogP contribution in [0.4, 0.5) is 0 Å². The number of carboxylic acid groups (broad SMARTS) is 1. The second kappa shape index (κ2) is 13.1. The molecule has 0 amide bonds. The number of hydrogen-bond donors (Lipinski definition) is 2. The summed E-state index contributed by atoms with van der Waals surface area (Å²) in [6, 6.07) is 31.4. The van der Waals surface area contributed by atoms with E-state index < -0.39 is 5.97 Å². The number of ether oxygens (including phenoxy) is 2. The fourth-order valence-electron chi connectivity index (χ4n) is 4.46. The van der Waals surface area contributed by atoms with Crippen molar-refractivity contribution in [3.63, 3.8) is 0 Å². The fourth-order valence-corrected chi connectivity index (χ4v) is 4.46. The summed E-state index contributed by atoms with van der Waals surface area (Å²) in [6.07, 6.45) is -0.0968. The van der Waals surface area contributed by atoms with Crippen LogP contribution in [0.5, 0.6) is 5.75 Å². The quantitative estimate of drug-likeness (QED) is 0.188. The molecule has 1 aromatic heterocycles. The Balaban J connectivity index is 0.00000353. The number of para-hydroxylation sites is 1. The zero-order valence-corrected chi connectivity index (χ0v) is 22.2. The molecular weight excluding hydrogens is 514 g/mol. The lowest BCUT2D eigenvalue weighted by Gasteiger charge is -2.12. The van der Waals surface area contributed by atoms with E-state index in [1.165, 1.54) is 0 Å². The summed E-state index contributed by atoms with van der Waals surface area (Å²) in [5.74, 6) is 0.394. The molecule has 0 aliphatic rings. The molecule has 200 valence electrons. The summed E-state index contributed by atoms with van der Waals surface area (Å²) in [6.45, 7) is 1.57. The van der Waals surface area contributed by atoms with Crippen molar-refractivity contribution in [2.75, 3.05) is 0 Å². The van der Waals surface area contributed by atoms with Gasteiger partial charge in [-0.05, 0) is 52.6 Å². The van der Waals surface area contributed by atoms with Crippen molar-refractivity contribution in [2.45, 2.75) is 32.8 Å². The zero-order valence-electron chi connectivity index (χ0n) is 21.3. The molecule has 5 aromatic rings. The highest BCUT2D eigenvalue weighted by Crippen LogP contribution is 2.34. The van der Waals surface area contributed by atoms with Crippen molar-refractivity contribution in [3.05, 3.63) is 125 Å². The monoisotopic (exact) mass is 543 g/mol. The molecule has 4 aromatic carbocycles. The molecule has 0 saturated carbocycles. The van der Waals surface area contributed by atoms with Gasteiger partial charge in [0.25, 0.3) is 0 Å². The molecule has 0 spiro atoms. The van der Waals surface area contributed by atoms with E-state index in [0.717, 1.165) is 44.5 Å². The van der Waals surface area contributed by atoms with Crippen LogP contribution in [-0.4, -0.2) is 11.1 Å². The molecule has 5 rings (SSSR count). The van der Waals surface area contributed by atoms with Gasteiger partial charge in [0, 0.05) is 23.1 Å². The summed E-state index contributed by atoms with van der Waals surface area (Å²) in [7, 11) is 0. The van der Waals surface area contributed by atoms with Gasteiger partial charge in [0.1, 0.15) is 30.3 Å². The van der Waals surface area contributed by atoms with Crippen LogP contribution in [0.25, 0.3) is 22.1 Å². The van der Waals surface area contributed by atoms with Gasteiger partial charge in [0.15, 0.2) is 0 Å². The van der Waals surface area contributed by atoms with E-state index in [-0.39, 0.29) is 25.4 Å². The number of rotatable bonds is 11. The standard InChI is InChI=1S/C32H29NO5.ClH/c33-18-23-9-6-11-25(13-23)29-15-24(20-37-30-12-5-4-10-26(30)17-31(34)35)14-27-16-28(38-32(27)29)21-36-19-22-7-2-1-3-8-22;/h1-16H,17-21,33H2,(H,34,35);1H. The van der Waals surface area contributed by atoms with E-state index in [4.69, 9.17) is 19.6 Å². The number of benzene rings is 4. The van der Waals surface area contributed by atoms with Gasteiger partial charge < -0.3 is 24.7 Å². The smallest absolute Gasteiger partial charge is 0.307 e. The number of furan rings is 1. The summed E-state index contributed by atoms with van der Waals surface area (Å²) in [5, 5.41) is 10.2. The Morgan fingerprint density at radius 3 is 2.36 bits per heavy atom. The largest absolute Gasteiger partial charge is 0.489 e. The molecule has 1 heterocycles. The zero-order chi connectivity index (χ0) is 26.3. The molecule has 0 aliphatic carbocycles. The third-order valence-electron chi connectivity index (χ3n) is 6.27. The lowest BCUT2D eigenvalue weighted by molar-refractivity contribution is -0.136. The van der Waals surface area contributed by atoms with Crippen LogP contribution in [0.15, 0.2) is 101 Å². The molecular formula is C32H30ClNO5. The van der Waals surface area contributed by atoms with Crippen LogP contribution >= 0.6 is 12.4 Å². The fraction of sp³-hybridized carbons (Fsp3) is 0.156. The van der Waals surface area contributed by atoms with Gasteiger partial charge in [-0.25, -0.2) is 0 Å². The van der Waals surface area contributed by atoms with Crippen molar-refractivity contribution in [3.8, 4) is 16.9 Å². The van der Waals surface area contributed by atoms with E-state index in [0.29, 0.717) is 31.1 Å². The normalized spacial score (nSPS) is 10.8. The van der Waals surface area contributed by atoms with Gasteiger partial charge in [-0.2, -0.15) is 0 Å². The first-order valence-corrected chi connectivity index (χ1v) is 12.5. The molecule has 0 bridgehead atoms. The van der Waals surface area contributed by atoms with Crippen molar-refractivity contribution < 1.29 is 23.8 Å². The van der Waals surface area contributed by atoms with Crippen LogP contribution in [0.1, 0.15) is 28.0 Å². The Morgan fingerprint density at radius 2 is 1.56 bits per heavy atom. The highest BCUT2D eigenvalue weighted by molar-refractivity contribution is 5.93. The molecule has 39 heavy (non-hydrogen) atoms. The molecule has 3 N–H and O–H groups in total. The summed E-state index contributed by atoms with van der Waals surface area (Å²) < 4.78 is 18.3. The second-order valence-corrected chi connectivity index (χ2v) is 9.12. The highest BCUT2D eigenvalue weighted by Gasteiger charge is 2.15. The number of fused-ring (bicyclic) bond motifs is 1. The van der Waals surface area contributed by atoms with Crippen LogP contribution in [0, 0.1) is 0 Å². The highest BCUT2D eigenvalue weighted by atomic mass is 35.5. The molecule has 0 radical (unpaired) electrons. The van der Waals surface area contributed by atoms with E-state index >= 15 is 0 Å². The number of hydrogen-bond acceptors (Lipinski definition) is 5. The van der Waals surface area contributed by atoms with Crippen molar-refractivity contribution in [1.29, 1.82) is 0 Å². The summed E-state index contributed by atoms with van der Waals surface area (Å²) >= 11 is 0. The van der Waals surface area contributed by atoms with Crippen LogP contribution < -0.4 is 10.5 Å². The average Bonchev–Trinajstić information content (AvgIpc) is 3.35. The maximum Gasteiger partial charge on any atom is 0.307 e. The van der Waals surface area contributed by atoms with Gasteiger partial charge >= 0.3 is 5.97 Å². The Bertz CT molecular complexity index is 1550. The Hall–Kier alpha value is -4.10. The number of nitrogens with two attached hydrogens (primary N) is 1. The number of carboxylic acids is 1. The van der Waals surface area contributed by atoms with E-state index in [2.05, 4.69) is 12.1 Å². The predicted molar refractivity (Wildman–Crippen MR) is 154 cm³/mol. The molecule has 0 aliphatic heterocycles. The third-order valence-corrected chi connectivity index (χ3v) is 6.27. The van der Waals surface area contributed by atoms with Gasteiger partial charge in [0.2, 0.25) is 0 Å². The molecule has 0 unspecified atom stereocenters. The van der Waals surface area contributed by atoms with Gasteiger partial charge in [-0.1, -0.05) is 66.7 Å². The number of halogens is 1. The molecule has 7 heteroatoms. The minimum atomic E-state index is -0.898. The third kappa shape index (κ3) is 7.06. The lowest BCUT2D eigenvalue weighted by Crippen LogP contribution is -2.04. The van der Waals surface area contributed by atoms with Crippen molar-refractivity contribution in [2.24, 2.45) is 5.73 Å². The predicted octanol–water partition coefficient (Wildman–Crippen LogP) is 6.90. The second-order valence-electron chi connectivity index (χ2n) is 9.12. The van der Waals surface area contributed by atoms with Crippen LogP contribution in [0.3, 0.4) is 0 Å². The SMILES string of the molecule is Cl.NCc1cccc(-c2cc(COc3ccccc3CC(=O)O)cc3cc(COCc4ccccc4)oc23)c1. The minimum Gasteiger partial charge on any atom is -0.489 e. The van der Waals surface area contributed by atoms with Crippen molar-refractivity contribution >= 4 is 29.3 Å². The lowest BCUT2D eigenvalue weighted by atomic mass is 9.99. The van der Waals surface area contributed by atoms with E-state index in [1.807, 2.05) is 72.8 Å². The topological polar surface area (TPSA) is 94.9 Å². The van der Waals surface area contributed by atoms with Crippen molar-refractivity contribution in [1.82, 2.24) is 0 Å². The van der Waals surface area contributed by atoms with E-state index in [1.54, 1.807) is 12.1 Å². The van der Waals surface area contributed by atoms with Crippen LogP contribution in [-0.2, 0) is 42.3 Å². The van der Waals surface area contributed by atoms with Gasteiger partial charge in [-0.3, -0.25) is 4.79 Å². The summed E-state index contributed by atoms with van der Waals surface area (Å²) in [5.41, 5.74) is 12.3. The van der Waals surface area contributed by atoms with Crippen LogP contribution in [0.2, 0.25) is 0 Å². The average molecular weight is 544 g/mol. The maximum absolute atomic E-state index is 11.3. The first-order valence-electron chi connectivity index (χ1n) is 12.5. The van der Waals surface area contributed by atoms with Gasteiger partial charge in [-0.15, -0.1) is 12.4 Å². The molecule has 0 atom stereocenters. The first kappa shape index (κ1) is 27.9. The maximum atomic E-state index is 11.3. The minimum absolute atomic E-state index is 0.